The van der Waals surface area contributed by atoms with E-state index in [-0.39, 0.29) is 21.8 Å². The van der Waals surface area contributed by atoms with E-state index in [1.165, 1.54) is 24.3 Å². The Morgan fingerprint density at radius 2 is 1.59 bits per heavy atom. The SMILES string of the molecule is Cc1ccc(S(=O)(=O)Oc2ccccc2/C=C(\C#N)C(=O)Nc2ccc3ccccc3c2)cc1. The Hall–Kier alpha value is -4.41. The maximum Gasteiger partial charge on any atom is 0.339 e. The second-order valence-electron chi connectivity index (χ2n) is 7.57. The normalized spacial score (nSPS) is 11.6. The molecule has 0 bridgehead atoms. The maximum atomic E-state index is 12.8. The molecule has 0 aliphatic rings. The van der Waals surface area contributed by atoms with Gasteiger partial charge < -0.3 is 9.50 Å². The largest absolute Gasteiger partial charge is 0.378 e. The van der Waals surface area contributed by atoms with Crippen LogP contribution in [0.25, 0.3) is 16.8 Å². The van der Waals surface area contributed by atoms with E-state index in [4.69, 9.17) is 4.18 Å². The number of nitrogens with zero attached hydrogens (tertiary/aromatic N) is 1. The number of fused-ring (bicyclic) bond motifs is 1. The Kier molecular flexibility index (Phi) is 6.44. The Bertz CT molecular complexity index is 1550. The lowest BCUT2D eigenvalue weighted by atomic mass is 10.1. The molecule has 1 amide bonds. The fraction of sp³-hybridized carbons (Fsp3) is 0.0370. The van der Waals surface area contributed by atoms with Gasteiger partial charge in [0.2, 0.25) is 0 Å². The predicted octanol–water partition coefficient (Wildman–Crippen LogP) is 5.46. The van der Waals surface area contributed by atoms with Gasteiger partial charge in [0.1, 0.15) is 22.3 Å². The van der Waals surface area contributed by atoms with Crippen LogP contribution in [0.15, 0.2) is 101 Å². The highest BCUT2D eigenvalue weighted by Gasteiger charge is 2.19. The van der Waals surface area contributed by atoms with Crippen LogP contribution < -0.4 is 9.50 Å². The number of amides is 1. The zero-order valence-corrected chi connectivity index (χ0v) is 19.0. The van der Waals surface area contributed by atoms with Crippen molar-refractivity contribution in [2.75, 3.05) is 5.32 Å². The first-order chi connectivity index (χ1) is 16.4. The minimum absolute atomic E-state index is 0.00596. The standard InChI is InChI=1S/C27H20N2O4S/c1-19-10-14-25(15-11-19)34(31,32)33-26-9-5-4-8-22(26)16-23(18-28)27(30)29-24-13-12-20-6-2-3-7-21(20)17-24/h2-17H,1H3,(H,29,30)/b23-16+. The zero-order chi connectivity index (χ0) is 24.1. The van der Waals surface area contributed by atoms with Crippen LogP contribution in [0.5, 0.6) is 5.75 Å². The molecular formula is C27H20N2O4S. The third-order valence-corrected chi connectivity index (χ3v) is 6.35. The third-order valence-electron chi connectivity index (χ3n) is 5.10. The van der Waals surface area contributed by atoms with E-state index < -0.39 is 16.0 Å². The van der Waals surface area contributed by atoms with Gasteiger partial charge in [0.05, 0.1) is 0 Å². The molecule has 4 aromatic rings. The van der Waals surface area contributed by atoms with Gasteiger partial charge in [-0.2, -0.15) is 13.7 Å². The molecule has 4 aromatic carbocycles. The molecule has 0 heterocycles. The average molecular weight is 469 g/mol. The first-order valence-electron chi connectivity index (χ1n) is 10.4. The van der Waals surface area contributed by atoms with Gasteiger partial charge in [-0.25, -0.2) is 0 Å². The summed E-state index contributed by atoms with van der Waals surface area (Å²) in [4.78, 5) is 12.8. The molecule has 1 N–H and O–H groups in total. The van der Waals surface area contributed by atoms with Gasteiger partial charge in [0, 0.05) is 11.3 Å². The van der Waals surface area contributed by atoms with Gasteiger partial charge in [-0.1, -0.05) is 66.2 Å². The highest BCUT2D eigenvalue weighted by molar-refractivity contribution is 7.87. The number of para-hydroxylation sites is 1. The molecule has 7 heteroatoms. The lowest BCUT2D eigenvalue weighted by Crippen LogP contribution is -2.14. The van der Waals surface area contributed by atoms with Crippen LogP contribution >= 0.6 is 0 Å². The van der Waals surface area contributed by atoms with Gasteiger partial charge in [0.25, 0.3) is 5.91 Å². The van der Waals surface area contributed by atoms with Gasteiger partial charge in [0.15, 0.2) is 0 Å². The molecule has 0 aliphatic carbocycles. The van der Waals surface area contributed by atoms with Gasteiger partial charge >= 0.3 is 10.1 Å². The minimum atomic E-state index is -4.10. The molecule has 168 valence electrons. The number of carbonyl (C=O) groups excluding carboxylic acids is 1. The van der Waals surface area contributed by atoms with Crippen molar-refractivity contribution in [2.45, 2.75) is 11.8 Å². The van der Waals surface area contributed by atoms with Crippen LogP contribution in [0, 0.1) is 18.3 Å². The van der Waals surface area contributed by atoms with Crippen molar-refractivity contribution in [3.8, 4) is 11.8 Å². The van der Waals surface area contributed by atoms with Crippen LogP contribution in [0.4, 0.5) is 5.69 Å². The van der Waals surface area contributed by atoms with Crippen LogP contribution in [0.1, 0.15) is 11.1 Å². The van der Waals surface area contributed by atoms with Crippen molar-refractivity contribution < 1.29 is 17.4 Å². The summed E-state index contributed by atoms with van der Waals surface area (Å²) < 4.78 is 30.8. The molecule has 0 unspecified atom stereocenters. The number of anilines is 1. The Labute approximate surface area is 197 Å². The number of rotatable bonds is 6. The maximum absolute atomic E-state index is 12.8. The summed E-state index contributed by atoms with van der Waals surface area (Å²) in [5, 5.41) is 14.3. The number of hydrogen-bond acceptors (Lipinski definition) is 5. The predicted molar refractivity (Wildman–Crippen MR) is 132 cm³/mol. The summed E-state index contributed by atoms with van der Waals surface area (Å²) in [7, 11) is -4.10. The molecule has 0 atom stereocenters. The molecular weight excluding hydrogens is 448 g/mol. The van der Waals surface area contributed by atoms with E-state index in [0.717, 1.165) is 16.3 Å². The lowest BCUT2D eigenvalue weighted by molar-refractivity contribution is -0.112. The highest BCUT2D eigenvalue weighted by atomic mass is 32.2. The number of carbonyl (C=O) groups is 1. The third kappa shape index (κ3) is 5.14. The van der Waals surface area contributed by atoms with Crippen molar-refractivity contribution >= 4 is 38.6 Å². The van der Waals surface area contributed by atoms with Crippen LogP contribution in [0.2, 0.25) is 0 Å². The molecule has 0 aliphatic heterocycles. The number of nitriles is 1. The Balaban J connectivity index is 1.60. The summed E-state index contributed by atoms with van der Waals surface area (Å²) >= 11 is 0. The van der Waals surface area contributed by atoms with Gasteiger partial charge in [-0.15, -0.1) is 0 Å². The van der Waals surface area contributed by atoms with E-state index in [1.54, 1.807) is 36.4 Å². The highest BCUT2D eigenvalue weighted by Crippen LogP contribution is 2.26. The molecule has 4 rings (SSSR count). The Morgan fingerprint density at radius 1 is 0.912 bits per heavy atom. The molecule has 0 saturated heterocycles. The second-order valence-corrected chi connectivity index (χ2v) is 9.12. The van der Waals surface area contributed by atoms with Crippen LogP contribution in [0.3, 0.4) is 0 Å². The molecule has 34 heavy (non-hydrogen) atoms. The molecule has 0 fully saturated rings. The van der Waals surface area contributed by atoms with Crippen molar-refractivity contribution in [1.82, 2.24) is 0 Å². The fourth-order valence-electron chi connectivity index (χ4n) is 3.32. The number of nitrogens with one attached hydrogen (secondary N) is 1. The summed E-state index contributed by atoms with van der Waals surface area (Å²) in [6.45, 7) is 1.85. The second kappa shape index (κ2) is 9.61. The monoisotopic (exact) mass is 468 g/mol. The molecule has 0 radical (unpaired) electrons. The summed E-state index contributed by atoms with van der Waals surface area (Å²) in [5.74, 6) is -0.608. The first kappa shape index (κ1) is 22.8. The van der Waals surface area contributed by atoms with E-state index in [1.807, 2.05) is 49.4 Å². The van der Waals surface area contributed by atoms with E-state index in [0.29, 0.717) is 5.69 Å². The van der Waals surface area contributed by atoms with E-state index in [2.05, 4.69) is 5.32 Å². The van der Waals surface area contributed by atoms with Crippen molar-refractivity contribution in [3.63, 3.8) is 0 Å². The van der Waals surface area contributed by atoms with E-state index >= 15 is 0 Å². The molecule has 0 aromatic heterocycles. The smallest absolute Gasteiger partial charge is 0.339 e. The summed E-state index contributed by atoms with van der Waals surface area (Å²) in [6.07, 6.45) is 1.30. The molecule has 6 nitrogen and oxygen atoms in total. The topological polar surface area (TPSA) is 96.3 Å². The summed E-state index contributed by atoms with van der Waals surface area (Å²) in [5.41, 5.74) is 1.54. The number of hydrogen-bond donors (Lipinski definition) is 1. The van der Waals surface area contributed by atoms with Crippen molar-refractivity contribution in [2.24, 2.45) is 0 Å². The molecule has 0 saturated carbocycles. The van der Waals surface area contributed by atoms with Crippen molar-refractivity contribution in [3.05, 3.63) is 108 Å². The van der Waals surface area contributed by atoms with Crippen LogP contribution in [-0.4, -0.2) is 14.3 Å². The van der Waals surface area contributed by atoms with Gasteiger partial charge in [-0.05, 0) is 54.1 Å². The van der Waals surface area contributed by atoms with Crippen LogP contribution in [-0.2, 0) is 14.9 Å². The fourth-order valence-corrected chi connectivity index (χ4v) is 4.27. The minimum Gasteiger partial charge on any atom is -0.378 e. The summed E-state index contributed by atoms with van der Waals surface area (Å²) in [6, 6.07) is 27.6. The van der Waals surface area contributed by atoms with Gasteiger partial charge in [-0.3, -0.25) is 4.79 Å². The first-order valence-corrected chi connectivity index (χ1v) is 11.8. The lowest BCUT2D eigenvalue weighted by Gasteiger charge is -2.10. The Morgan fingerprint density at radius 3 is 2.32 bits per heavy atom. The number of aryl methyl sites for hydroxylation is 1. The molecule has 0 spiro atoms. The average Bonchev–Trinajstić information content (AvgIpc) is 2.83. The van der Waals surface area contributed by atoms with Crippen molar-refractivity contribution in [1.29, 1.82) is 5.26 Å². The van der Waals surface area contributed by atoms with E-state index in [9.17, 15) is 18.5 Å². The zero-order valence-electron chi connectivity index (χ0n) is 18.2. The number of benzene rings is 4. The quantitative estimate of drug-likeness (QED) is 0.230.